The molecule has 11 atom stereocenters. The summed E-state index contributed by atoms with van der Waals surface area (Å²) in [6.45, 7) is 28.6. The number of nitrogens with two attached hydrogens (primary N) is 1. The molecule has 1 heterocycles. The fourth-order valence-corrected chi connectivity index (χ4v) is 10.2. The van der Waals surface area contributed by atoms with Gasteiger partial charge in [0.15, 0.2) is 0 Å². The van der Waals surface area contributed by atoms with Crippen LogP contribution >= 0.6 is 0 Å². The van der Waals surface area contributed by atoms with E-state index >= 15 is 14.4 Å². The van der Waals surface area contributed by atoms with Gasteiger partial charge < -0.3 is 104 Å². The van der Waals surface area contributed by atoms with E-state index in [9.17, 15) is 53.1 Å². The average molecular weight is 1410 g/mol. The Morgan fingerprint density at radius 2 is 0.869 bits per heavy atom. The minimum absolute atomic E-state index is 0.0407. The number of hydrogen-bond acceptors (Lipinski definition) is 20. The van der Waals surface area contributed by atoms with Gasteiger partial charge in [0.2, 0.25) is 53.2 Å². The predicted molar refractivity (Wildman–Crippen MR) is 364 cm³/mol. The molecule has 0 aromatic heterocycles. The molecule has 0 aromatic rings. The summed E-state index contributed by atoms with van der Waals surface area (Å²) in [6, 6.07) is -14.6. The molecule has 1 aliphatic heterocycles. The molecule has 2 fully saturated rings. The van der Waals surface area contributed by atoms with E-state index in [1.165, 1.54) is 6.92 Å². The lowest BCUT2D eigenvalue weighted by atomic mass is 9.84. The number of carbonyl (C=O) groups is 13. The maximum Gasteiger partial charge on any atom is 0.407 e. The van der Waals surface area contributed by atoms with Crippen LogP contribution in [0.2, 0.25) is 0 Å². The number of aliphatic hydroxyl groups is 1. The third kappa shape index (κ3) is 36.7. The highest BCUT2D eigenvalue weighted by molar-refractivity contribution is 5.99. The van der Waals surface area contributed by atoms with E-state index < -0.39 is 204 Å². The standard InChI is InChI=1S/C66H118N14O19/c1-36(2)33-44-53(86)75-41(26-30-69-58(91)96-63(8,9)10)50(83)74-43(28-32-71-60(93)98-65(14,15)16)52(85)80-48(37(3)81)57(90)68-29-25-40(76-55(88)46(35-72-61(94)99-66(17,18)19)79-56(89)47(67)38(4)95-62(5,6)7)49(82)73-42(27-31-70-59(92)97-64(11,12)13)51(84)78-45(54(87)77-44)34-39-23-21-20-22-24-39/h36-48,81H,20-35,67H2,1-19H3,(H,68,90)(H,69,91)(H,70,92)(H,71,93)(H,72,94)(H,73,82)(H,74,83)(H,75,86)(H,76,88)(H,77,87)(H,78,84)(H,79,89)(H,80,85)/t37?,38?,40-,41-,42-,43-,44-,45+,46-,47-,48?/m0/s1. The number of hydrogen-bond donors (Lipinski definition) is 15. The molecule has 0 bridgehead atoms. The van der Waals surface area contributed by atoms with Crippen LogP contribution in [0, 0.1) is 11.8 Å². The lowest BCUT2D eigenvalue weighted by Gasteiger charge is -2.31. The quantitative estimate of drug-likeness (QED) is 0.0684. The molecular formula is C66H118N14O19. The monoisotopic (exact) mass is 1410 g/mol. The number of carbonyl (C=O) groups excluding carboxylic acids is 13. The summed E-state index contributed by atoms with van der Waals surface area (Å²) < 4.78 is 27.5. The fraction of sp³-hybridized carbons (Fsp3) is 0.803. The fourth-order valence-electron chi connectivity index (χ4n) is 10.2. The first-order valence-electron chi connectivity index (χ1n) is 34.2. The van der Waals surface area contributed by atoms with Gasteiger partial charge in [-0.3, -0.25) is 43.2 Å². The van der Waals surface area contributed by atoms with Crippen molar-refractivity contribution in [3.8, 4) is 0 Å². The van der Waals surface area contributed by atoms with Crippen molar-refractivity contribution in [1.82, 2.24) is 69.1 Å². The third-order valence-electron chi connectivity index (χ3n) is 14.7. The van der Waals surface area contributed by atoms with Crippen LogP contribution in [0.15, 0.2) is 0 Å². The molecule has 0 spiro atoms. The molecular weight excluding hydrogens is 1290 g/mol. The van der Waals surface area contributed by atoms with Crippen molar-refractivity contribution in [1.29, 1.82) is 0 Å². The largest absolute Gasteiger partial charge is 0.444 e. The van der Waals surface area contributed by atoms with Gasteiger partial charge in [-0.1, -0.05) is 46.0 Å². The molecule has 0 radical (unpaired) electrons. The second-order valence-corrected chi connectivity index (χ2v) is 30.6. The van der Waals surface area contributed by atoms with Crippen molar-refractivity contribution in [2.24, 2.45) is 17.6 Å². The van der Waals surface area contributed by atoms with Crippen molar-refractivity contribution in [2.45, 2.75) is 297 Å². The van der Waals surface area contributed by atoms with Crippen molar-refractivity contribution < 1.29 is 91.1 Å². The molecule has 1 aliphatic carbocycles. The van der Waals surface area contributed by atoms with Crippen LogP contribution in [0.3, 0.4) is 0 Å². The first-order chi connectivity index (χ1) is 45.5. The van der Waals surface area contributed by atoms with Crippen LogP contribution in [-0.4, -0.2) is 210 Å². The lowest BCUT2D eigenvalue weighted by Crippen LogP contribution is -2.62. The van der Waals surface area contributed by atoms with E-state index in [1.807, 2.05) is 0 Å². The van der Waals surface area contributed by atoms with E-state index in [0.717, 1.165) is 26.2 Å². The zero-order chi connectivity index (χ0) is 75.6. The van der Waals surface area contributed by atoms with Crippen molar-refractivity contribution in [3.05, 3.63) is 0 Å². The maximum absolute atomic E-state index is 15.1. The highest BCUT2D eigenvalue weighted by Gasteiger charge is 2.39. The topological polar surface area (TPSA) is 471 Å². The molecule has 1 saturated heterocycles. The van der Waals surface area contributed by atoms with E-state index in [0.29, 0.717) is 12.8 Å². The van der Waals surface area contributed by atoms with E-state index in [1.54, 1.807) is 118 Å². The van der Waals surface area contributed by atoms with Gasteiger partial charge in [-0.25, -0.2) is 19.2 Å². The second kappa shape index (κ2) is 39.8. The lowest BCUT2D eigenvalue weighted by molar-refractivity contribution is -0.136. The zero-order valence-corrected chi connectivity index (χ0v) is 61.7. The Labute approximate surface area is 582 Å². The normalized spacial score (nSPS) is 22.4. The van der Waals surface area contributed by atoms with Crippen molar-refractivity contribution >= 4 is 77.5 Å². The number of nitrogens with one attached hydrogen (secondary N) is 13. The molecule has 0 aromatic carbocycles. The summed E-state index contributed by atoms with van der Waals surface area (Å²) in [4.78, 5) is 184. The molecule has 1 saturated carbocycles. The van der Waals surface area contributed by atoms with Gasteiger partial charge in [0.05, 0.1) is 24.4 Å². The van der Waals surface area contributed by atoms with Crippen LogP contribution in [0.4, 0.5) is 19.2 Å². The first-order valence-corrected chi connectivity index (χ1v) is 34.2. The summed E-state index contributed by atoms with van der Waals surface area (Å²) in [5, 5.41) is 44.6. The van der Waals surface area contributed by atoms with E-state index in [4.69, 9.17) is 29.4 Å². The Hall–Kier alpha value is -7.81. The molecule has 13 amide bonds. The molecule has 33 nitrogen and oxygen atoms in total. The number of amides is 13. The van der Waals surface area contributed by atoms with Crippen LogP contribution in [0.25, 0.3) is 0 Å². The van der Waals surface area contributed by atoms with Gasteiger partial charge in [0.1, 0.15) is 76.8 Å². The number of aliphatic hydroxyl groups excluding tert-OH is 1. The van der Waals surface area contributed by atoms with Gasteiger partial charge in [-0.05, 0) is 168 Å². The Morgan fingerprint density at radius 3 is 1.28 bits per heavy atom. The van der Waals surface area contributed by atoms with Crippen LogP contribution in [-0.2, 0) is 66.8 Å². The Balaban J connectivity index is 3.05. The van der Waals surface area contributed by atoms with Gasteiger partial charge in [-0.2, -0.15) is 0 Å². The molecule has 16 N–H and O–H groups in total. The summed E-state index contributed by atoms with van der Waals surface area (Å²) >= 11 is 0. The molecule has 3 unspecified atom stereocenters. The van der Waals surface area contributed by atoms with Crippen molar-refractivity contribution in [3.63, 3.8) is 0 Å². The summed E-state index contributed by atoms with van der Waals surface area (Å²) in [6.07, 6.45) is -4.13. The third-order valence-corrected chi connectivity index (χ3v) is 14.7. The predicted octanol–water partition coefficient (Wildman–Crippen LogP) is 1.58. The smallest absolute Gasteiger partial charge is 0.407 e. The van der Waals surface area contributed by atoms with Crippen molar-refractivity contribution in [2.75, 3.05) is 32.7 Å². The van der Waals surface area contributed by atoms with Crippen LogP contribution < -0.4 is 74.9 Å². The van der Waals surface area contributed by atoms with Gasteiger partial charge in [0, 0.05) is 26.2 Å². The molecule has 566 valence electrons. The number of rotatable bonds is 22. The van der Waals surface area contributed by atoms with E-state index in [-0.39, 0.29) is 50.7 Å². The van der Waals surface area contributed by atoms with E-state index in [2.05, 4.69) is 69.1 Å². The SMILES string of the molecule is CC(C)C[C@@H]1NC(=O)[C@@H](CC2CCCCC2)NC(=O)[C@H](CCNC(=O)OC(C)(C)C)NC(=O)[C@@H](NC(=O)[C@H](CNC(=O)OC(C)(C)C)NC(=O)[C@@H](N)C(C)OC(C)(C)C)CCNC(=O)C(C(C)O)NC(=O)[C@H](CCNC(=O)OC(C)(C)C)NC(=O)[C@H](CCNC(=O)OC(C)(C)C)NC1=O. The maximum atomic E-state index is 15.1. The Bertz CT molecular complexity index is 2730. The van der Waals surface area contributed by atoms with Gasteiger partial charge in [0.25, 0.3) is 0 Å². The highest BCUT2D eigenvalue weighted by Crippen LogP contribution is 2.28. The van der Waals surface area contributed by atoms with Gasteiger partial charge in [-0.15, -0.1) is 0 Å². The molecule has 33 heteroatoms. The van der Waals surface area contributed by atoms with Crippen LogP contribution in [0.5, 0.6) is 0 Å². The molecule has 99 heavy (non-hydrogen) atoms. The second-order valence-electron chi connectivity index (χ2n) is 30.6. The Kier molecular flexibility index (Phi) is 35.1. The van der Waals surface area contributed by atoms with Gasteiger partial charge >= 0.3 is 24.4 Å². The first kappa shape index (κ1) is 87.3. The zero-order valence-electron chi connectivity index (χ0n) is 61.7. The summed E-state index contributed by atoms with van der Waals surface area (Å²) in [7, 11) is 0. The summed E-state index contributed by atoms with van der Waals surface area (Å²) in [5.74, 6) is -9.52. The number of ether oxygens (including phenoxy) is 5. The summed E-state index contributed by atoms with van der Waals surface area (Å²) in [5.41, 5.74) is 1.71. The van der Waals surface area contributed by atoms with Crippen LogP contribution in [0.1, 0.15) is 202 Å². The highest BCUT2D eigenvalue weighted by atomic mass is 16.6. The number of alkyl carbamates (subject to hydrolysis) is 4. The molecule has 2 aliphatic rings. The minimum Gasteiger partial charge on any atom is -0.444 e. The minimum atomic E-state index is -1.84. The molecule has 2 rings (SSSR count). The Morgan fingerprint density at radius 1 is 0.485 bits per heavy atom. The average Bonchev–Trinajstić information content (AvgIpc) is 1.09.